The minimum Gasteiger partial charge on any atom is -0.481 e. The zero-order valence-electron chi connectivity index (χ0n) is 14.3. The maximum Gasteiger partial charge on any atom is 0.307 e. The lowest BCUT2D eigenvalue weighted by Gasteiger charge is -2.60. The monoisotopic (exact) mass is 319 g/mol. The van der Waals surface area contributed by atoms with Crippen LogP contribution in [0.5, 0.6) is 0 Å². The van der Waals surface area contributed by atoms with Gasteiger partial charge in [0.1, 0.15) is 0 Å². The highest BCUT2D eigenvalue weighted by molar-refractivity contribution is 5.77. The molecule has 4 fully saturated rings. The molecule has 23 heavy (non-hydrogen) atoms. The average molecular weight is 319 g/mol. The van der Waals surface area contributed by atoms with Crippen molar-refractivity contribution in [3.8, 4) is 0 Å². The number of rotatable bonds is 1. The highest BCUT2D eigenvalue weighted by Crippen LogP contribution is 2.65. The summed E-state index contributed by atoms with van der Waals surface area (Å²) in [5.41, 5.74) is 0.216. The lowest BCUT2D eigenvalue weighted by molar-refractivity contribution is -0.152. The fourth-order valence-corrected chi connectivity index (χ4v) is 7.11. The van der Waals surface area contributed by atoms with Crippen molar-refractivity contribution in [2.75, 3.05) is 0 Å². The SMILES string of the molecule is C[C@]12CC[C@H]3[C@@H](CCC4NC(=O)CC[C@@]43C)[C@@H]1CC[C@@H]2C(=O)O. The zero-order valence-corrected chi connectivity index (χ0v) is 14.3. The maximum absolute atomic E-state index is 11.8. The van der Waals surface area contributed by atoms with Crippen LogP contribution in [0.1, 0.15) is 65.2 Å². The highest BCUT2D eigenvalue weighted by atomic mass is 16.4. The van der Waals surface area contributed by atoms with Crippen molar-refractivity contribution in [3.05, 3.63) is 0 Å². The molecule has 0 radical (unpaired) electrons. The van der Waals surface area contributed by atoms with E-state index in [0.29, 0.717) is 30.2 Å². The molecule has 4 aliphatic rings. The Kier molecular flexibility index (Phi) is 3.34. The molecular weight excluding hydrogens is 290 g/mol. The number of carboxylic acids is 1. The van der Waals surface area contributed by atoms with Gasteiger partial charge in [0, 0.05) is 12.5 Å². The van der Waals surface area contributed by atoms with Crippen molar-refractivity contribution in [1.29, 1.82) is 0 Å². The van der Waals surface area contributed by atoms with Crippen LogP contribution in [0.3, 0.4) is 0 Å². The van der Waals surface area contributed by atoms with E-state index in [2.05, 4.69) is 19.2 Å². The Morgan fingerprint density at radius 2 is 1.78 bits per heavy atom. The number of carbonyl (C=O) groups is 2. The number of carbonyl (C=O) groups excluding carboxylic acids is 1. The van der Waals surface area contributed by atoms with Crippen molar-refractivity contribution in [2.24, 2.45) is 34.5 Å². The van der Waals surface area contributed by atoms with Crippen molar-refractivity contribution in [3.63, 3.8) is 0 Å². The van der Waals surface area contributed by atoms with Gasteiger partial charge >= 0.3 is 5.97 Å². The molecule has 2 N–H and O–H groups in total. The molecule has 0 aromatic rings. The van der Waals surface area contributed by atoms with E-state index >= 15 is 0 Å². The fraction of sp³-hybridized carbons (Fsp3) is 0.895. The summed E-state index contributed by atoms with van der Waals surface area (Å²) in [6.07, 6.45) is 8.05. The highest BCUT2D eigenvalue weighted by Gasteiger charge is 2.61. The Morgan fingerprint density at radius 1 is 1.04 bits per heavy atom. The quantitative estimate of drug-likeness (QED) is 0.780. The van der Waals surface area contributed by atoms with Gasteiger partial charge in [-0.1, -0.05) is 13.8 Å². The summed E-state index contributed by atoms with van der Waals surface area (Å²) in [5.74, 6) is 1.38. The second-order valence-corrected chi connectivity index (χ2v) is 9.09. The zero-order chi connectivity index (χ0) is 16.4. The van der Waals surface area contributed by atoms with Crippen LogP contribution in [-0.4, -0.2) is 23.0 Å². The molecule has 4 heteroatoms. The largest absolute Gasteiger partial charge is 0.481 e. The first kappa shape index (κ1) is 15.5. The van der Waals surface area contributed by atoms with E-state index in [0.717, 1.165) is 44.9 Å². The van der Waals surface area contributed by atoms with E-state index in [1.807, 2.05) is 0 Å². The number of piperidine rings is 1. The van der Waals surface area contributed by atoms with Gasteiger partial charge in [-0.3, -0.25) is 9.59 Å². The number of carboxylic acid groups (broad SMARTS) is 1. The molecule has 1 amide bonds. The van der Waals surface area contributed by atoms with Crippen LogP contribution in [0.15, 0.2) is 0 Å². The molecule has 3 saturated carbocycles. The lowest BCUT2D eigenvalue weighted by atomic mass is 9.47. The summed E-state index contributed by atoms with van der Waals surface area (Å²) in [6, 6.07) is 0.339. The Morgan fingerprint density at radius 3 is 2.52 bits per heavy atom. The van der Waals surface area contributed by atoms with Gasteiger partial charge in [0.2, 0.25) is 5.91 Å². The molecule has 0 spiro atoms. The summed E-state index contributed by atoms with van der Waals surface area (Å²) in [4.78, 5) is 23.5. The van der Waals surface area contributed by atoms with Crippen LogP contribution in [-0.2, 0) is 9.59 Å². The third-order valence-corrected chi connectivity index (χ3v) is 8.39. The van der Waals surface area contributed by atoms with Crippen molar-refractivity contribution in [1.82, 2.24) is 5.32 Å². The minimum atomic E-state index is -0.585. The van der Waals surface area contributed by atoms with Gasteiger partial charge < -0.3 is 10.4 Å². The number of hydrogen-bond donors (Lipinski definition) is 2. The van der Waals surface area contributed by atoms with Gasteiger partial charge in [0.25, 0.3) is 0 Å². The van der Waals surface area contributed by atoms with Gasteiger partial charge in [-0.05, 0) is 73.5 Å². The average Bonchev–Trinajstić information content (AvgIpc) is 2.85. The maximum atomic E-state index is 11.8. The van der Waals surface area contributed by atoms with E-state index in [-0.39, 0.29) is 22.7 Å². The molecular formula is C19H29NO3. The molecule has 7 atom stereocenters. The molecule has 3 aliphatic carbocycles. The van der Waals surface area contributed by atoms with E-state index in [1.165, 1.54) is 0 Å². The first-order chi connectivity index (χ1) is 10.9. The Bertz CT molecular complexity index is 547. The number of nitrogens with one attached hydrogen (secondary N) is 1. The van der Waals surface area contributed by atoms with Crippen LogP contribution in [0.25, 0.3) is 0 Å². The smallest absolute Gasteiger partial charge is 0.307 e. The van der Waals surface area contributed by atoms with Crippen molar-refractivity contribution >= 4 is 11.9 Å². The van der Waals surface area contributed by atoms with Crippen LogP contribution in [0, 0.1) is 34.5 Å². The molecule has 1 unspecified atom stereocenters. The summed E-state index contributed by atoms with van der Waals surface area (Å²) >= 11 is 0. The minimum absolute atomic E-state index is 0.00584. The van der Waals surface area contributed by atoms with Crippen LogP contribution in [0.4, 0.5) is 0 Å². The van der Waals surface area contributed by atoms with Gasteiger partial charge in [-0.2, -0.15) is 0 Å². The molecule has 1 saturated heterocycles. The van der Waals surface area contributed by atoms with Gasteiger partial charge in [-0.15, -0.1) is 0 Å². The van der Waals surface area contributed by atoms with Gasteiger partial charge in [0.05, 0.1) is 5.92 Å². The summed E-state index contributed by atoms with van der Waals surface area (Å²) in [6.45, 7) is 4.64. The molecule has 128 valence electrons. The summed E-state index contributed by atoms with van der Waals surface area (Å²) in [7, 11) is 0. The molecule has 1 heterocycles. The Labute approximate surface area is 138 Å². The van der Waals surface area contributed by atoms with E-state index in [9.17, 15) is 14.7 Å². The lowest BCUT2D eigenvalue weighted by Crippen LogP contribution is -2.61. The summed E-state index contributed by atoms with van der Waals surface area (Å²) in [5, 5.41) is 12.9. The first-order valence-electron chi connectivity index (χ1n) is 9.38. The standard InChI is InChI=1S/C19H29NO3/c1-18-9-7-13-11(12(18)4-5-14(18)17(22)23)3-6-15-19(13,2)10-8-16(21)20-15/h11-15H,3-10H2,1-2H3,(H,20,21)(H,22,23)/t11-,12-,13-,14+,15?,18-,19+/m0/s1. The number of fused-ring (bicyclic) bond motifs is 5. The van der Waals surface area contributed by atoms with E-state index < -0.39 is 5.97 Å². The summed E-state index contributed by atoms with van der Waals surface area (Å²) < 4.78 is 0. The predicted octanol–water partition coefficient (Wildman–Crippen LogP) is 3.21. The molecule has 0 aromatic carbocycles. The molecule has 4 rings (SSSR count). The normalized spacial score (nSPS) is 52.1. The molecule has 0 bridgehead atoms. The molecule has 1 aliphatic heterocycles. The first-order valence-corrected chi connectivity index (χ1v) is 9.38. The predicted molar refractivity (Wildman–Crippen MR) is 86.7 cm³/mol. The molecule has 4 nitrogen and oxygen atoms in total. The van der Waals surface area contributed by atoms with Crippen molar-refractivity contribution in [2.45, 2.75) is 71.3 Å². The van der Waals surface area contributed by atoms with E-state index in [1.54, 1.807) is 0 Å². The second kappa shape index (κ2) is 4.97. The third-order valence-electron chi connectivity index (χ3n) is 8.39. The van der Waals surface area contributed by atoms with Gasteiger partial charge in [-0.25, -0.2) is 0 Å². The number of aliphatic carboxylic acids is 1. The van der Waals surface area contributed by atoms with Crippen molar-refractivity contribution < 1.29 is 14.7 Å². The fourth-order valence-electron chi connectivity index (χ4n) is 7.11. The second-order valence-electron chi connectivity index (χ2n) is 9.09. The van der Waals surface area contributed by atoms with Crippen LogP contribution in [0.2, 0.25) is 0 Å². The van der Waals surface area contributed by atoms with Crippen LogP contribution >= 0.6 is 0 Å². The van der Waals surface area contributed by atoms with Crippen LogP contribution < -0.4 is 5.32 Å². The van der Waals surface area contributed by atoms with Gasteiger partial charge in [0.15, 0.2) is 0 Å². The molecule has 0 aromatic heterocycles. The third kappa shape index (κ3) is 2.02. The van der Waals surface area contributed by atoms with E-state index in [4.69, 9.17) is 0 Å². The Hall–Kier alpha value is -1.06. The number of hydrogen-bond acceptors (Lipinski definition) is 2. The topological polar surface area (TPSA) is 66.4 Å². The number of amides is 1. The Balaban J connectivity index is 1.63.